The standard InChI is InChI=1S/C14H21ClN2/c1-10(11-4-2-6-13(15)8-11)17-14-7-3-5-12(14)9-16/h2,4,6,8,10,12,14,17H,3,5,7,9,16H2,1H3/t10-,12?,14?/m1/s1. The minimum Gasteiger partial charge on any atom is -0.330 e. The van der Waals surface area contributed by atoms with Gasteiger partial charge in [0.1, 0.15) is 0 Å². The molecule has 3 atom stereocenters. The average Bonchev–Trinajstić information content (AvgIpc) is 2.76. The van der Waals surface area contributed by atoms with Gasteiger partial charge in [0, 0.05) is 17.1 Å². The van der Waals surface area contributed by atoms with Crippen LogP contribution in [-0.4, -0.2) is 12.6 Å². The largest absolute Gasteiger partial charge is 0.330 e. The van der Waals surface area contributed by atoms with Crippen LogP contribution < -0.4 is 11.1 Å². The van der Waals surface area contributed by atoms with Crippen LogP contribution in [0.5, 0.6) is 0 Å². The van der Waals surface area contributed by atoms with Gasteiger partial charge in [-0.05, 0) is 49.9 Å². The van der Waals surface area contributed by atoms with E-state index in [1.165, 1.54) is 24.8 Å². The van der Waals surface area contributed by atoms with Crippen molar-refractivity contribution in [2.75, 3.05) is 6.54 Å². The first-order valence-corrected chi connectivity index (χ1v) is 6.80. The van der Waals surface area contributed by atoms with Crippen molar-refractivity contribution in [2.45, 2.75) is 38.3 Å². The third kappa shape index (κ3) is 3.21. The lowest BCUT2D eigenvalue weighted by Crippen LogP contribution is -2.37. The molecule has 3 N–H and O–H groups in total. The number of nitrogens with one attached hydrogen (secondary N) is 1. The van der Waals surface area contributed by atoms with Crippen LogP contribution in [0.15, 0.2) is 24.3 Å². The van der Waals surface area contributed by atoms with Crippen molar-refractivity contribution in [2.24, 2.45) is 11.7 Å². The molecule has 1 aliphatic carbocycles. The molecule has 1 saturated carbocycles. The molecule has 1 aromatic carbocycles. The molecule has 94 valence electrons. The van der Waals surface area contributed by atoms with Crippen LogP contribution >= 0.6 is 11.6 Å². The van der Waals surface area contributed by atoms with Gasteiger partial charge in [0.2, 0.25) is 0 Å². The van der Waals surface area contributed by atoms with E-state index >= 15 is 0 Å². The number of rotatable bonds is 4. The Bertz CT molecular complexity index is 367. The topological polar surface area (TPSA) is 38.0 Å². The fraction of sp³-hybridized carbons (Fsp3) is 0.571. The van der Waals surface area contributed by atoms with Gasteiger partial charge in [0.05, 0.1) is 0 Å². The maximum absolute atomic E-state index is 6.01. The summed E-state index contributed by atoms with van der Waals surface area (Å²) in [7, 11) is 0. The highest BCUT2D eigenvalue weighted by atomic mass is 35.5. The Hall–Kier alpha value is -0.570. The van der Waals surface area contributed by atoms with Crippen LogP contribution in [0.25, 0.3) is 0 Å². The lowest BCUT2D eigenvalue weighted by atomic mass is 10.0. The minimum absolute atomic E-state index is 0.339. The van der Waals surface area contributed by atoms with Gasteiger partial charge < -0.3 is 11.1 Å². The molecule has 0 amide bonds. The first-order valence-electron chi connectivity index (χ1n) is 6.42. The van der Waals surface area contributed by atoms with Crippen molar-refractivity contribution in [3.63, 3.8) is 0 Å². The zero-order valence-electron chi connectivity index (χ0n) is 10.3. The lowest BCUT2D eigenvalue weighted by Gasteiger charge is -2.24. The normalized spacial score (nSPS) is 26.1. The van der Waals surface area contributed by atoms with E-state index in [1.807, 2.05) is 18.2 Å². The Kier molecular flexibility index (Phi) is 4.43. The van der Waals surface area contributed by atoms with Crippen molar-refractivity contribution < 1.29 is 0 Å². The van der Waals surface area contributed by atoms with Crippen molar-refractivity contribution in [3.05, 3.63) is 34.9 Å². The summed E-state index contributed by atoms with van der Waals surface area (Å²) in [6, 6.07) is 8.97. The molecule has 1 aromatic rings. The molecule has 0 heterocycles. The van der Waals surface area contributed by atoms with Gasteiger partial charge in [-0.2, -0.15) is 0 Å². The van der Waals surface area contributed by atoms with E-state index in [0.717, 1.165) is 11.6 Å². The summed E-state index contributed by atoms with van der Waals surface area (Å²) in [5.74, 6) is 0.636. The Morgan fingerprint density at radius 2 is 2.29 bits per heavy atom. The average molecular weight is 253 g/mol. The molecular weight excluding hydrogens is 232 g/mol. The summed E-state index contributed by atoms with van der Waals surface area (Å²) in [6.07, 6.45) is 3.80. The molecular formula is C14H21ClN2. The van der Waals surface area contributed by atoms with Crippen LogP contribution in [0.4, 0.5) is 0 Å². The molecule has 2 nitrogen and oxygen atoms in total. The van der Waals surface area contributed by atoms with Crippen molar-refractivity contribution in [1.29, 1.82) is 0 Å². The first-order chi connectivity index (χ1) is 8.20. The first kappa shape index (κ1) is 12.9. The van der Waals surface area contributed by atoms with E-state index in [9.17, 15) is 0 Å². The highest BCUT2D eigenvalue weighted by Gasteiger charge is 2.27. The van der Waals surface area contributed by atoms with Crippen LogP contribution in [0.1, 0.15) is 37.8 Å². The van der Waals surface area contributed by atoms with Gasteiger partial charge >= 0.3 is 0 Å². The molecule has 0 aliphatic heterocycles. The Morgan fingerprint density at radius 3 is 3.00 bits per heavy atom. The zero-order chi connectivity index (χ0) is 12.3. The molecule has 0 saturated heterocycles. The maximum atomic E-state index is 6.01. The molecule has 1 fully saturated rings. The van der Waals surface area contributed by atoms with E-state index < -0.39 is 0 Å². The third-order valence-electron chi connectivity index (χ3n) is 3.77. The summed E-state index contributed by atoms with van der Waals surface area (Å²) in [5.41, 5.74) is 7.05. The summed E-state index contributed by atoms with van der Waals surface area (Å²) < 4.78 is 0. The van der Waals surface area contributed by atoms with Crippen molar-refractivity contribution in [1.82, 2.24) is 5.32 Å². The summed E-state index contributed by atoms with van der Waals surface area (Å²) >= 11 is 6.01. The molecule has 17 heavy (non-hydrogen) atoms. The molecule has 2 unspecified atom stereocenters. The van der Waals surface area contributed by atoms with Crippen LogP contribution in [0.3, 0.4) is 0 Å². The van der Waals surface area contributed by atoms with Crippen LogP contribution in [-0.2, 0) is 0 Å². The monoisotopic (exact) mass is 252 g/mol. The Morgan fingerprint density at radius 1 is 1.47 bits per heavy atom. The van der Waals surface area contributed by atoms with Crippen LogP contribution in [0, 0.1) is 5.92 Å². The highest BCUT2D eigenvalue weighted by molar-refractivity contribution is 6.30. The molecule has 0 radical (unpaired) electrons. The summed E-state index contributed by atoms with van der Waals surface area (Å²) in [4.78, 5) is 0. The zero-order valence-corrected chi connectivity index (χ0v) is 11.1. The van der Waals surface area contributed by atoms with Crippen LogP contribution in [0.2, 0.25) is 5.02 Å². The molecule has 0 aromatic heterocycles. The van der Waals surface area contributed by atoms with E-state index in [-0.39, 0.29) is 0 Å². The van der Waals surface area contributed by atoms with E-state index in [0.29, 0.717) is 18.0 Å². The van der Waals surface area contributed by atoms with E-state index in [1.54, 1.807) is 0 Å². The summed E-state index contributed by atoms with van der Waals surface area (Å²) in [5, 5.41) is 4.49. The number of halogens is 1. The molecule has 3 heteroatoms. The number of hydrogen-bond acceptors (Lipinski definition) is 2. The van der Waals surface area contributed by atoms with Crippen molar-refractivity contribution in [3.8, 4) is 0 Å². The Labute approximate surface area is 109 Å². The number of nitrogens with two attached hydrogens (primary N) is 1. The smallest absolute Gasteiger partial charge is 0.0409 e. The minimum atomic E-state index is 0.339. The lowest BCUT2D eigenvalue weighted by molar-refractivity contribution is 0.374. The predicted molar refractivity (Wildman–Crippen MR) is 73.2 cm³/mol. The van der Waals surface area contributed by atoms with E-state index in [2.05, 4.69) is 18.3 Å². The molecule has 1 aliphatic rings. The molecule has 0 spiro atoms. The Balaban J connectivity index is 1.99. The quantitative estimate of drug-likeness (QED) is 0.864. The summed E-state index contributed by atoms with van der Waals surface area (Å²) in [6.45, 7) is 2.98. The second kappa shape index (κ2) is 5.85. The molecule has 2 rings (SSSR count). The van der Waals surface area contributed by atoms with Gasteiger partial charge in [-0.15, -0.1) is 0 Å². The number of benzene rings is 1. The van der Waals surface area contributed by atoms with Gasteiger partial charge in [0.15, 0.2) is 0 Å². The number of hydrogen-bond donors (Lipinski definition) is 2. The SMILES string of the molecule is C[C@@H](NC1CCCC1CN)c1cccc(Cl)c1. The highest BCUT2D eigenvalue weighted by Crippen LogP contribution is 2.27. The van der Waals surface area contributed by atoms with Gasteiger partial charge in [0.25, 0.3) is 0 Å². The van der Waals surface area contributed by atoms with Gasteiger partial charge in [-0.25, -0.2) is 0 Å². The fourth-order valence-corrected chi connectivity index (χ4v) is 2.93. The second-order valence-electron chi connectivity index (χ2n) is 4.98. The third-order valence-corrected chi connectivity index (χ3v) is 4.01. The van der Waals surface area contributed by atoms with Crippen molar-refractivity contribution >= 4 is 11.6 Å². The van der Waals surface area contributed by atoms with Gasteiger partial charge in [-0.1, -0.05) is 30.2 Å². The maximum Gasteiger partial charge on any atom is 0.0409 e. The van der Waals surface area contributed by atoms with E-state index in [4.69, 9.17) is 17.3 Å². The predicted octanol–water partition coefficient (Wildman–Crippen LogP) is 3.12. The fourth-order valence-electron chi connectivity index (χ4n) is 2.73. The second-order valence-corrected chi connectivity index (χ2v) is 5.41. The molecule has 0 bridgehead atoms. The van der Waals surface area contributed by atoms with Gasteiger partial charge in [-0.3, -0.25) is 0 Å².